The summed E-state index contributed by atoms with van der Waals surface area (Å²) in [7, 11) is 0. The van der Waals surface area contributed by atoms with Crippen molar-refractivity contribution in [1.82, 2.24) is 10.3 Å². The summed E-state index contributed by atoms with van der Waals surface area (Å²) in [5.74, 6) is 0.635. The van der Waals surface area contributed by atoms with E-state index in [1.54, 1.807) is 0 Å². The third-order valence-corrected chi connectivity index (χ3v) is 4.50. The van der Waals surface area contributed by atoms with Gasteiger partial charge in [-0.1, -0.05) is 32.3 Å². The normalized spacial score (nSPS) is 23.4. The van der Waals surface area contributed by atoms with Crippen molar-refractivity contribution in [2.24, 2.45) is 5.92 Å². The fraction of sp³-hybridized carbons (Fsp3) is 0.471. The highest BCUT2D eigenvalue weighted by molar-refractivity contribution is 5.98. The molecule has 0 saturated heterocycles. The number of nitrogens with one attached hydrogen (secondary N) is 2. The van der Waals surface area contributed by atoms with Crippen LogP contribution in [0.1, 0.15) is 49.4 Å². The van der Waals surface area contributed by atoms with Crippen LogP contribution < -0.4 is 5.32 Å². The van der Waals surface area contributed by atoms with Crippen LogP contribution in [0.3, 0.4) is 0 Å². The van der Waals surface area contributed by atoms with Crippen LogP contribution in [0.5, 0.6) is 0 Å². The van der Waals surface area contributed by atoms with E-state index in [4.69, 9.17) is 0 Å². The molecule has 20 heavy (non-hydrogen) atoms. The molecule has 2 atom stereocenters. The Labute approximate surface area is 119 Å². The van der Waals surface area contributed by atoms with Crippen molar-refractivity contribution >= 4 is 16.8 Å². The predicted molar refractivity (Wildman–Crippen MR) is 81.8 cm³/mol. The molecule has 1 aliphatic carbocycles. The molecule has 1 saturated carbocycles. The second-order valence-corrected chi connectivity index (χ2v) is 5.97. The van der Waals surface area contributed by atoms with E-state index in [-0.39, 0.29) is 5.91 Å². The Hall–Kier alpha value is -1.77. The first-order valence-corrected chi connectivity index (χ1v) is 7.62. The van der Waals surface area contributed by atoms with E-state index in [2.05, 4.69) is 17.2 Å². The number of fused-ring (bicyclic) bond motifs is 1. The zero-order valence-corrected chi connectivity index (χ0v) is 12.0. The standard InChI is InChI=1S/C17H22N2O/c1-12-5-3-2-4-6-15(12)19-17(20)14-8-7-13-9-10-18-16(13)11-14/h7-12,15,18H,2-6H2,1H3,(H,19,20). The molecule has 0 bridgehead atoms. The number of benzene rings is 1. The van der Waals surface area contributed by atoms with Crippen molar-refractivity contribution in [2.45, 2.75) is 45.1 Å². The van der Waals surface area contributed by atoms with Crippen LogP contribution >= 0.6 is 0 Å². The fourth-order valence-corrected chi connectivity index (χ4v) is 3.15. The number of hydrogen-bond acceptors (Lipinski definition) is 1. The van der Waals surface area contributed by atoms with Gasteiger partial charge in [0.2, 0.25) is 0 Å². The van der Waals surface area contributed by atoms with Gasteiger partial charge in [0.05, 0.1) is 0 Å². The van der Waals surface area contributed by atoms with Crippen LogP contribution in [-0.2, 0) is 0 Å². The second kappa shape index (κ2) is 5.70. The van der Waals surface area contributed by atoms with E-state index in [1.165, 1.54) is 25.7 Å². The fourth-order valence-electron chi connectivity index (χ4n) is 3.15. The lowest BCUT2D eigenvalue weighted by molar-refractivity contribution is 0.0921. The van der Waals surface area contributed by atoms with Crippen LogP contribution in [0.4, 0.5) is 0 Å². The minimum absolute atomic E-state index is 0.0558. The molecule has 1 amide bonds. The van der Waals surface area contributed by atoms with Gasteiger partial charge in [0.25, 0.3) is 5.91 Å². The van der Waals surface area contributed by atoms with Crippen molar-refractivity contribution in [1.29, 1.82) is 0 Å². The topological polar surface area (TPSA) is 44.9 Å². The molecule has 0 radical (unpaired) electrons. The van der Waals surface area contributed by atoms with E-state index in [1.807, 2.05) is 30.5 Å². The van der Waals surface area contributed by atoms with Crippen LogP contribution in [0, 0.1) is 5.92 Å². The monoisotopic (exact) mass is 270 g/mol. The average molecular weight is 270 g/mol. The molecule has 3 nitrogen and oxygen atoms in total. The number of aromatic nitrogens is 1. The smallest absolute Gasteiger partial charge is 0.251 e. The average Bonchev–Trinajstić information content (AvgIpc) is 2.83. The zero-order valence-electron chi connectivity index (χ0n) is 12.0. The van der Waals surface area contributed by atoms with Gasteiger partial charge < -0.3 is 10.3 Å². The third-order valence-electron chi connectivity index (χ3n) is 4.50. The van der Waals surface area contributed by atoms with Crippen molar-refractivity contribution < 1.29 is 4.79 Å². The molecule has 1 heterocycles. The minimum atomic E-state index is 0.0558. The highest BCUT2D eigenvalue weighted by Gasteiger charge is 2.22. The molecule has 3 heteroatoms. The summed E-state index contributed by atoms with van der Waals surface area (Å²) >= 11 is 0. The summed E-state index contributed by atoms with van der Waals surface area (Å²) in [5, 5.41) is 4.37. The lowest BCUT2D eigenvalue weighted by Gasteiger charge is -2.22. The van der Waals surface area contributed by atoms with Gasteiger partial charge in [-0.3, -0.25) is 4.79 Å². The Morgan fingerprint density at radius 2 is 2.05 bits per heavy atom. The van der Waals surface area contributed by atoms with Gasteiger partial charge >= 0.3 is 0 Å². The quantitative estimate of drug-likeness (QED) is 0.799. The van der Waals surface area contributed by atoms with Crippen molar-refractivity contribution in [3.8, 4) is 0 Å². The molecule has 2 N–H and O–H groups in total. The number of aromatic amines is 1. The van der Waals surface area contributed by atoms with E-state index in [0.717, 1.165) is 22.9 Å². The third kappa shape index (κ3) is 2.72. The highest BCUT2D eigenvalue weighted by atomic mass is 16.1. The minimum Gasteiger partial charge on any atom is -0.361 e. The van der Waals surface area contributed by atoms with Crippen LogP contribution in [0.15, 0.2) is 30.5 Å². The molecule has 1 fully saturated rings. The van der Waals surface area contributed by atoms with E-state index in [0.29, 0.717) is 12.0 Å². The van der Waals surface area contributed by atoms with Gasteiger partial charge in [-0.25, -0.2) is 0 Å². The molecule has 1 aromatic carbocycles. The maximum Gasteiger partial charge on any atom is 0.251 e. The van der Waals surface area contributed by atoms with E-state index < -0.39 is 0 Å². The molecular formula is C17H22N2O. The summed E-state index contributed by atoms with van der Waals surface area (Å²) in [6.07, 6.45) is 8.05. The zero-order chi connectivity index (χ0) is 13.9. The lowest BCUT2D eigenvalue weighted by atomic mass is 9.96. The van der Waals surface area contributed by atoms with Gasteiger partial charge in [0.1, 0.15) is 0 Å². The van der Waals surface area contributed by atoms with Gasteiger partial charge in [-0.05, 0) is 42.3 Å². The summed E-state index contributed by atoms with van der Waals surface area (Å²) in [6, 6.07) is 8.19. The molecule has 2 aromatic rings. The van der Waals surface area contributed by atoms with Crippen molar-refractivity contribution in [3.05, 3.63) is 36.0 Å². The molecule has 106 valence electrons. The number of H-pyrrole nitrogens is 1. The lowest BCUT2D eigenvalue weighted by Crippen LogP contribution is -2.38. The molecule has 2 unspecified atom stereocenters. The maximum atomic E-state index is 12.4. The first-order valence-electron chi connectivity index (χ1n) is 7.62. The molecular weight excluding hydrogens is 248 g/mol. The number of carbonyl (C=O) groups excluding carboxylic acids is 1. The molecule has 0 aliphatic heterocycles. The van der Waals surface area contributed by atoms with E-state index >= 15 is 0 Å². The molecule has 0 spiro atoms. The van der Waals surface area contributed by atoms with Gasteiger partial charge in [-0.2, -0.15) is 0 Å². The first kappa shape index (κ1) is 13.2. The SMILES string of the molecule is CC1CCCCCC1NC(=O)c1ccc2cc[nH]c2c1. The summed E-state index contributed by atoms with van der Waals surface area (Å²) < 4.78 is 0. The van der Waals surface area contributed by atoms with Gasteiger partial charge in [-0.15, -0.1) is 0 Å². The van der Waals surface area contributed by atoms with Crippen LogP contribution in [0.25, 0.3) is 10.9 Å². The number of carbonyl (C=O) groups is 1. The van der Waals surface area contributed by atoms with Crippen molar-refractivity contribution in [3.63, 3.8) is 0 Å². The van der Waals surface area contributed by atoms with Crippen LogP contribution in [-0.4, -0.2) is 16.9 Å². The maximum absolute atomic E-state index is 12.4. The number of rotatable bonds is 2. The first-order chi connectivity index (χ1) is 9.74. The molecule has 1 aromatic heterocycles. The Kier molecular flexibility index (Phi) is 3.77. The Bertz CT molecular complexity index is 602. The van der Waals surface area contributed by atoms with Crippen LogP contribution in [0.2, 0.25) is 0 Å². The Morgan fingerprint density at radius 3 is 2.95 bits per heavy atom. The number of amides is 1. The summed E-state index contributed by atoms with van der Waals surface area (Å²) in [6.45, 7) is 2.25. The number of hydrogen-bond donors (Lipinski definition) is 2. The summed E-state index contributed by atoms with van der Waals surface area (Å²) in [5.41, 5.74) is 1.77. The van der Waals surface area contributed by atoms with Crippen molar-refractivity contribution in [2.75, 3.05) is 0 Å². The molecule has 1 aliphatic rings. The Morgan fingerprint density at radius 1 is 1.20 bits per heavy atom. The Balaban J connectivity index is 1.74. The summed E-state index contributed by atoms with van der Waals surface area (Å²) in [4.78, 5) is 15.6. The van der Waals surface area contributed by atoms with Gasteiger partial charge in [0.15, 0.2) is 0 Å². The predicted octanol–water partition coefficient (Wildman–Crippen LogP) is 3.87. The largest absolute Gasteiger partial charge is 0.361 e. The second-order valence-electron chi connectivity index (χ2n) is 5.97. The van der Waals surface area contributed by atoms with E-state index in [9.17, 15) is 4.79 Å². The van der Waals surface area contributed by atoms with Gasteiger partial charge in [0, 0.05) is 23.3 Å². The molecule has 3 rings (SSSR count). The highest BCUT2D eigenvalue weighted by Crippen LogP contribution is 2.23.